The van der Waals surface area contributed by atoms with Gasteiger partial charge in [-0.25, -0.2) is 0 Å². The minimum absolute atomic E-state index is 0.0566. The molecule has 1 aliphatic rings. The van der Waals surface area contributed by atoms with Gasteiger partial charge in [0, 0.05) is 12.0 Å². The topological polar surface area (TPSA) is 42.2 Å². The first-order chi connectivity index (χ1) is 8.83. The first-order valence-corrected chi connectivity index (χ1v) is 6.17. The normalized spacial score (nSPS) is 27.4. The van der Waals surface area contributed by atoms with Crippen LogP contribution in [0.25, 0.3) is 0 Å². The number of nitrogens with zero attached hydrogens (tertiary/aromatic N) is 1. The van der Waals surface area contributed by atoms with Crippen molar-refractivity contribution in [3.05, 3.63) is 48.6 Å². The van der Waals surface area contributed by atoms with Crippen molar-refractivity contribution in [2.24, 2.45) is 0 Å². The van der Waals surface area contributed by atoms with Gasteiger partial charge in [0.25, 0.3) is 0 Å². The summed E-state index contributed by atoms with van der Waals surface area (Å²) in [5.74, 6) is 0. The van der Waals surface area contributed by atoms with Crippen molar-refractivity contribution in [1.29, 1.82) is 5.26 Å². The van der Waals surface area contributed by atoms with Crippen molar-refractivity contribution in [3.63, 3.8) is 0 Å². The predicted octanol–water partition coefficient (Wildman–Crippen LogP) is 3.35. The minimum Gasteiger partial charge on any atom is -0.345 e. The van der Waals surface area contributed by atoms with Crippen molar-refractivity contribution in [2.75, 3.05) is 0 Å². The Bertz CT molecular complexity index is 424. The lowest BCUT2D eigenvalue weighted by molar-refractivity contribution is -0.245. The molecule has 3 unspecified atom stereocenters. The minimum atomic E-state index is -0.372. The largest absolute Gasteiger partial charge is 0.345 e. The van der Waals surface area contributed by atoms with Crippen LogP contribution >= 0.6 is 0 Å². The van der Waals surface area contributed by atoms with Gasteiger partial charge in [-0.2, -0.15) is 5.26 Å². The smallest absolute Gasteiger partial charge is 0.184 e. The average molecular weight is 243 g/mol. The summed E-state index contributed by atoms with van der Waals surface area (Å²) in [5.41, 5.74) is 0.995. The van der Waals surface area contributed by atoms with Gasteiger partial charge in [-0.1, -0.05) is 36.4 Å². The quantitative estimate of drug-likeness (QED) is 0.761. The predicted molar refractivity (Wildman–Crippen MR) is 68.6 cm³/mol. The summed E-state index contributed by atoms with van der Waals surface area (Å²) in [6.45, 7) is 3.74. The van der Waals surface area contributed by atoms with Crippen LogP contribution in [0.5, 0.6) is 0 Å². The highest BCUT2D eigenvalue weighted by Crippen LogP contribution is 2.32. The van der Waals surface area contributed by atoms with Gasteiger partial charge in [-0.05, 0) is 6.42 Å². The van der Waals surface area contributed by atoms with E-state index in [-0.39, 0.29) is 18.5 Å². The van der Waals surface area contributed by atoms with E-state index in [0.717, 1.165) is 18.4 Å². The molecule has 0 amide bonds. The highest BCUT2D eigenvalue weighted by molar-refractivity contribution is 5.16. The Morgan fingerprint density at radius 1 is 1.28 bits per heavy atom. The van der Waals surface area contributed by atoms with Crippen molar-refractivity contribution < 1.29 is 9.47 Å². The van der Waals surface area contributed by atoms with Crippen LogP contribution in [0.3, 0.4) is 0 Å². The second kappa shape index (κ2) is 6.34. The van der Waals surface area contributed by atoms with Gasteiger partial charge in [-0.15, -0.1) is 6.58 Å². The van der Waals surface area contributed by atoms with Crippen molar-refractivity contribution in [1.82, 2.24) is 0 Å². The molecule has 0 aliphatic carbocycles. The number of ether oxygens (including phenoxy) is 2. The maximum Gasteiger partial charge on any atom is 0.184 e. The van der Waals surface area contributed by atoms with Crippen LogP contribution in [0.2, 0.25) is 0 Å². The van der Waals surface area contributed by atoms with Gasteiger partial charge in [0.05, 0.1) is 24.7 Å². The second-order valence-corrected chi connectivity index (χ2v) is 4.38. The van der Waals surface area contributed by atoms with Crippen LogP contribution in [-0.2, 0) is 9.47 Å². The van der Waals surface area contributed by atoms with Crippen molar-refractivity contribution in [3.8, 4) is 6.07 Å². The fourth-order valence-corrected chi connectivity index (χ4v) is 2.12. The first-order valence-electron chi connectivity index (χ1n) is 6.17. The first kappa shape index (κ1) is 12.8. The molecule has 18 heavy (non-hydrogen) atoms. The van der Waals surface area contributed by atoms with Crippen LogP contribution in [0.4, 0.5) is 0 Å². The SMILES string of the molecule is C=CCC1CC(CC#N)OC(c2ccccc2)O1. The zero-order valence-corrected chi connectivity index (χ0v) is 10.3. The summed E-state index contributed by atoms with van der Waals surface area (Å²) >= 11 is 0. The third-order valence-corrected chi connectivity index (χ3v) is 2.98. The van der Waals surface area contributed by atoms with E-state index in [1.807, 2.05) is 36.4 Å². The Labute approximate surface area is 108 Å². The molecular weight excluding hydrogens is 226 g/mol. The Hall–Kier alpha value is -1.63. The van der Waals surface area contributed by atoms with E-state index < -0.39 is 0 Å². The van der Waals surface area contributed by atoms with E-state index in [9.17, 15) is 0 Å². The molecule has 0 spiro atoms. The summed E-state index contributed by atoms with van der Waals surface area (Å²) in [4.78, 5) is 0. The number of hydrogen-bond acceptors (Lipinski definition) is 3. The summed E-state index contributed by atoms with van der Waals surface area (Å²) < 4.78 is 11.7. The molecule has 0 bridgehead atoms. The van der Waals surface area contributed by atoms with Gasteiger partial charge >= 0.3 is 0 Å². The van der Waals surface area contributed by atoms with Crippen LogP contribution in [0, 0.1) is 11.3 Å². The standard InChI is InChI=1S/C15H17NO2/c1-2-6-13-11-14(9-10-16)18-15(17-13)12-7-4-3-5-8-12/h2-5,7-8,13-15H,1,6,9,11H2. The fraction of sp³-hybridized carbons (Fsp3) is 0.400. The molecule has 2 rings (SSSR count). The molecule has 1 fully saturated rings. The van der Waals surface area contributed by atoms with Crippen LogP contribution in [0.1, 0.15) is 31.1 Å². The Kier molecular flexibility index (Phi) is 4.52. The van der Waals surface area contributed by atoms with Gasteiger partial charge in [0.15, 0.2) is 6.29 Å². The van der Waals surface area contributed by atoms with E-state index in [1.54, 1.807) is 0 Å². The van der Waals surface area contributed by atoms with E-state index in [4.69, 9.17) is 14.7 Å². The highest BCUT2D eigenvalue weighted by atomic mass is 16.7. The van der Waals surface area contributed by atoms with Crippen LogP contribution < -0.4 is 0 Å². The third-order valence-electron chi connectivity index (χ3n) is 2.98. The average Bonchev–Trinajstić information content (AvgIpc) is 2.40. The fourth-order valence-electron chi connectivity index (χ4n) is 2.12. The molecular formula is C15H17NO2. The summed E-state index contributed by atoms with van der Waals surface area (Å²) in [7, 11) is 0. The zero-order chi connectivity index (χ0) is 12.8. The molecule has 1 aromatic rings. The Balaban J connectivity index is 2.10. The van der Waals surface area contributed by atoms with Crippen molar-refractivity contribution >= 4 is 0 Å². The van der Waals surface area contributed by atoms with Gasteiger partial charge in [-0.3, -0.25) is 0 Å². The number of benzene rings is 1. The zero-order valence-electron chi connectivity index (χ0n) is 10.3. The lowest BCUT2D eigenvalue weighted by Gasteiger charge is -2.34. The second-order valence-electron chi connectivity index (χ2n) is 4.38. The van der Waals surface area contributed by atoms with Gasteiger partial charge in [0.1, 0.15) is 0 Å². The highest BCUT2D eigenvalue weighted by Gasteiger charge is 2.30. The van der Waals surface area contributed by atoms with Gasteiger partial charge < -0.3 is 9.47 Å². The molecule has 0 radical (unpaired) electrons. The van der Waals surface area contributed by atoms with E-state index in [0.29, 0.717) is 6.42 Å². The lowest BCUT2D eigenvalue weighted by Crippen LogP contribution is -2.33. The van der Waals surface area contributed by atoms with E-state index in [1.165, 1.54) is 0 Å². The third kappa shape index (κ3) is 3.19. The lowest BCUT2D eigenvalue weighted by atomic mass is 10.0. The number of nitriles is 1. The van der Waals surface area contributed by atoms with Gasteiger partial charge in [0.2, 0.25) is 0 Å². The molecule has 1 heterocycles. The Morgan fingerprint density at radius 3 is 2.67 bits per heavy atom. The molecule has 0 N–H and O–H groups in total. The maximum absolute atomic E-state index is 8.80. The summed E-state index contributed by atoms with van der Waals surface area (Å²) in [6.07, 6.45) is 3.45. The number of rotatable bonds is 4. The molecule has 3 nitrogen and oxygen atoms in total. The molecule has 3 heteroatoms. The molecule has 0 aromatic heterocycles. The monoisotopic (exact) mass is 243 g/mol. The van der Waals surface area contributed by atoms with Crippen LogP contribution in [-0.4, -0.2) is 12.2 Å². The summed E-state index contributed by atoms with van der Waals surface area (Å²) in [6, 6.07) is 12.0. The molecule has 3 atom stereocenters. The van der Waals surface area contributed by atoms with Crippen LogP contribution in [0.15, 0.2) is 43.0 Å². The maximum atomic E-state index is 8.80. The molecule has 1 saturated heterocycles. The van der Waals surface area contributed by atoms with E-state index >= 15 is 0 Å². The van der Waals surface area contributed by atoms with Crippen molar-refractivity contribution in [2.45, 2.75) is 37.8 Å². The molecule has 1 aliphatic heterocycles. The Morgan fingerprint density at radius 2 is 2.00 bits per heavy atom. The molecule has 0 saturated carbocycles. The molecule has 1 aromatic carbocycles. The summed E-state index contributed by atoms with van der Waals surface area (Å²) in [5, 5.41) is 8.80. The van der Waals surface area contributed by atoms with E-state index in [2.05, 4.69) is 12.6 Å². The number of hydrogen-bond donors (Lipinski definition) is 0. The molecule has 94 valence electrons.